The molecule has 2 aromatic rings. The summed E-state index contributed by atoms with van der Waals surface area (Å²) in [6.45, 7) is 7.37. The van der Waals surface area contributed by atoms with Crippen LogP contribution >= 0.6 is 11.6 Å². The van der Waals surface area contributed by atoms with E-state index in [0.29, 0.717) is 49.1 Å². The first-order valence-electron chi connectivity index (χ1n) is 10.8. The Morgan fingerprint density at radius 2 is 2.18 bits per heavy atom. The summed E-state index contributed by atoms with van der Waals surface area (Å²) >= 11 is 6.03. The van der Waals surface area contributed by atoms with E-state index >= 15 is 0 Å². The van der Waals surface area contributed by atoms with E-state index in [1.54, 1.807) is 42.3 Å². The normalized spacial score (nSPS) is 14.5. The zero-order valence-corrected chi connectivity index (χ0v) is 19.6. The van der Waals surface area contributed by atoms with Gasteiger partial charge in [0.05, 0.1) is 22.8 Å². The van der Waals surface area contributed by atoms with Gasteiger partial charge >= 0.3 is 0 Å². The fourth-order valence-electron chi connectivity index (χ4n) is 3.38. The highest BCUT2D eigenvalue weighted by molar-refractivity contribution is 6.31. The quantitative estimate of drug-likeness (QED) is 0.368. The van der Waals surface area contributed by atoms with E-state index in [4.69, 9.17) is 22.3 Å². The molecule has 1 atom stereocenters. The average molecular weight is 489 g/mol. The summed E-state index contributed by atoms with van der Waals surface area (Å²) in [6, 6.07) is 2.06. The number of fused-ring (bicyclic) bond motifs is 1. The van der Waals surface area contributed by atoms with Crippen molar-refractivity contribution in [3.05, 3.63) is 77.1 Å². The number of amides is 1. The smallest absolute Gasteiger partial charge is 0.226 e. The number of halogens is 3. The van der Waals surface area contributed by atoms with Gasteiger partial charge in [-0.05, 0) is 12.1 Å². The number of carbonyl (C=O) groups is 1. The van der Waals surface area contributed by atoms with Crippen molar-refractivity contribution in [2.24, 2.45) is 11.7 Å². The molecule has 180 valence electrons. The molecule has 2 heterocycles. The molecule has 1 amide bonds. The van der Waals surface area contributed by atoms with Crippen molar-refractivity contribution in [3.63, 3.8) is 0 Å². The van der Waals surface area contributed by atoms with Crippen molar-refractivity contribution in [3.8, 4) is 0 Å². The molecule has 3 rings (SSSR count). The minimum atomic E-state index is -0.681. The lowest BCUT2D eigenvalue weighted by Crippen LogP contribution is -2.35. The van der Waals surface area contributed by atoms with Gasteiger partial charge in [0.15, 0.2) is 11.6 Å². The molecule has 4 N–H and O–H groups in total. The van der Waals surface area contributed by atoms with Gasteiger partial charge in [-0.25, -0.2) is 18.7 Å². The lowest BCUT2D eigenvalue weighted by molar-refractivity contribution is -0.123. The predicted octanol–water partition coefficient (Wildman–Crippen LogP) is 3.68. The van der Waals surface area contributed by atoms with Crippen LogP contribution in [0.5, 0.6) is 0 Å². The molecule has 1 aromatic heterocycles. The van der Waals surface area contributed by atoms with Gasteiger partial charge in [-0.3, -0.25) is 4.79 Å². The summed E-state index contributed by atoms with van der Waals surface area (Å²) in [5.41, 5.74) is 6.70. The number of aromatic nitrogens is 2. The first-order chi connectivity index (χ1) is 16.3. The van der Waals surface area contributed by atoms with Crippen LogP contribution in [-0.2, 0) is 11.3 Å². The largest absolute Gasteiger partial charge is 0.365 e. The van der Waals surface area contributed by atoms with Crippen molar-refractivity contribution < 1.29 is 13.6 Å². The molecule has 1 aliphatic rings. The Hall–Kier alpha value is -3.30. The summed E-state index contributed by atoms with van der Waals surface area (Å²) in [4.78, 5) is 23.1. The fourth-order valence-corrected chi connectivity index (χ4v) is 3.60. The Kier molecular flexibility index (Phi) is 8.72. The fraction of sp³-hybridized carbons (Fsp3) is 0.292. The summed E-state index contributed by atoms with van der Waals surface area (Å²) in [6.07, 6.45) is 8.48. The van der Waals surface area contributed by atoms with Gasteiger partial charge in [0.2, 0.25) is 5.91 Å². The summed E-state index contributed by atoms with van der Waals surface area (Å²) < 4.78 is 28.3. The molecular weight excluding hydrogens is 462 g/mol. The van der Waals surface area contributed by atoms with Crippen molar-refractivity contribution in [1.82, 2.24) is 15.3 Å². The van der Waals surface area contributed by atoms with Crippen LogP contribution in [0.1, 0.15) is 18.2 Å². The maximum atomic E-state index is 14.4. The van der Waals surface area contributed by atoms with Crippen molar-refractivity contribution in [2.75, 3.05) is 36.4 Å². The molecule has 10 heteroatoms. The van der Waals surface area contributed by atoms with Crippen molar-refractivity contribution in [1.29, 1.82) is 0 Å². The lowest BCUT2D eigenvalue weighted by atomic mass is 10.1. The van der Waals surface area contributed by atoms with Gasteiger partial charge in [-0.1, -0.05) is 49.4 Å². The van der Waals surface area contributed by atoms with Gasteiger partial charge in [-0.2, -0.15) is 0 Å². The maximum absolute atomic E-state index is 14.4. The number of nitrogens with two attached hydrogens (primary N) is 1. The number of anilines is 2. The number of benzene rings is 1. The van der Waals surface area contributed by atoms with Crippen LogP contribution in [0.15, 0.2) is 49.2 Å². The molecule has 0 radical (unpaired) electrons. The van der Waals surface area contributed by atoms with E-state index in [-0.39, 0.29) is 29.0 Å². The summed E-state index contributed by atoms with van der Waals surface area (Å²) in [5.74, 6) is -0.783. The molecular formula is C24H27ClF2N6O. The Bertz CT molecular complexity index is 1120. The van der Waals surface area contributed by atoms with Gasteiger partial charge < -0.3 is 21.3 Å². The standard InChI is InChI=1S/C24H27ClF2N6O/c1-3-4-16(6-5-15(2)24(34)30-10-9-28)20-13-31-22-23(32-20)33(12-11-29-22)14-17-18(26)7-8-19(27)21(17)25/h3-8,13,15H,1,9-12,14,28H2,2H3,(H,29,31)(H,30,34)/b6-5-,16-4+. The maximum Gasteiger partial charge on any atom is 0.226 e. The third-order valence-corrected chi connectivity index (χ3v) is 5.64. The van der Waals surface area contributed by atoms with Crippen LogP contribution in [0.3, 0.4) is 0 Å². The molecule has 0 aliphatic carbocycles. The Morgan fingerprint density at radius 3 is 2.91 bits per heavy atom. The molecule has 0 spiro atoms. The van der Waals surface area contributed by atoms with Gasteiger partial charge in [0, 0.05) is 43.9 Å². The van der Waals surface area contributed by atoms with Crippen molar-refractivity contribution in [2.45, 2.75) is 13.5 Å². The lowest BCUT2D eigenvalue weighted by Gasteiger charge is -2.30. The molecule has 1 aliphatic heterocycles. The molecule has 0 bridgehead atoms. The molecule has 1 aromatic carbocycles. The molecule has 0 fully saturated rings. The average Bonchev–Trinajstić information content (AvgIpc) is 2.84. The van der Waals surface area contributed by atoms with Crippen LogP contribution in [0.2, 0.25) is 5.02 Å². The minimum absolute atomic E-state index is 0.0317. The monoisotopic (exact) mass is 488 g/mol. The summed E-state index contributed by atoms with van der Waals surface area (Å²) in [7, 11) is 0. The van der Waals surface area contributed by atoms with E-state index in [9.17, 15) is 13.6 Å². The zero-order chi connectivity index (χ0) is 24.7. The Morgan fingerprint density at radius 1 is 1.41 bits per heavy atom. The number of nitrogens with one attached hydrogen (secondary N) is 2. The Labute approximate surface area is 202 Å². The third-order valence-electron chi connectivity index (χ3n) is 5.23. The van der Waals surface area contributed by atoms with Crippen LogP contribution in [0.4, 0.5) is 20.4 Å². The van der Waals surface area contributed by atoms with E-state index in [1.807, 2.05) is 0 Å². The number of carbonyl (C=O) groups excluding carboxylic acids is 1. The molecule has 34 heavy (non-hydrogen) atoms. The second-order valence-corrected chi connectivity index (χ2v) is 8.06. The highest BCUT2D eigenvalue weighted by Crippen LogP contribution is 2.31. The van der Waals surface area contributed by atoms with Gasteiger partial charge in [0.1, 0.15) is 11.6 Å². The first-order valence-corrected chi connectivity index (χ1v) is 11.2. The number of allylic oxidation sites excluding steroid dienone is 4. The van der Waals surface area contributed by atoms with Crippen LogP contribution in [0, 0.1) is 17.6 Å². The topological polar surface area (TPSA) is 96.2 Å². The number of nitrogens with zero attached hydrogens (tertiary/aromatic N) is 3. The summed E-state index contributed by atoms with van der Waals surface area (Å²) in [5, 5.41) is 5.66. The van der Waals surface area contributed by atoms with Crippen LogP contribution < -0.4 is 21.3 Å². The molecule has 0 saturated heterocycles. The second kappa shape index (κ2) is 11.7. The van der Waals surface area contributed by atoms with Crippen LogP contribution in [-0.4, -0.2) is 42.1 Å². The third kappa shape index (κ3) is 5.98. The van der Waals surface area contributed by atoms with Gasteiger partial charge in [-0.15, -0.1) is 0 Å². The van der Waals surface area contributed by atoms with Gasteiger partial charge in [0.25, 0.3) is 0 Å². The highest BCUT2D eigenvalue weighted by Gasteiger charge is 2.23. The molecule has 1 unspecified atom stereocenters. The number of hydrogen-bond acceptors (Lipinski definition) is 6. The van der Waals surface area contributed by atoms with E-state index in [2.05, 4.69) is 22.2 Å². The van der Waals surface area contributed by atoms with Crippen LogP contribution in [0.25, 0.3) is 5.57 Å². The number of rotatable bonds is 9. The minimum Gasteiger partial charge on any atom is -0.365 e. The molecule has 0 saturated carbocycles. The number of hydrogen-bond donors (Lipinski definition) is 3. The Balaban J connectivity index is 1.89. The van der Waals surface area contributed by atoms with E-state index < -0.39 is 11.6 Å². The second-order valence-electron chi connectivity index (χ2n) is 7.68. The van der Waals surface area contributed by atoms with Crippen molar-refractivity contribution >= 4 is 34.7 Å². The zero-order valence-electron chi connectivity index (χ0n) is 18.8. The first kappa shape index (κ1) is 25.3. The highest BCUT2D eigenvalue weighted by atomic mass is 35.5. The van der Waals surface area contributed by atoms with E-state index in [1.165, 1.54) is 0 Å². The molecule has 7 nitrogen and oxygen atoms in total. The van der Waals surface area contributed by atoms with E-state index in [0.717, 1.165) is 12.1 Å². The SMILES string of the molecule is C=C/C=C(\C=C/C(C)C(=O)NCCN)c1cnc2c(n1)N(Cc1c(F)ccc(F)c1Cl)CCN2. The predicted molar refractivity (Wildman–Crippen MR) is 131 cm³/mol.